The molecule has 0 bridgehead atoms. The van der Waals surface area contributed by atoms with E-state index in [1.165, 1.54) is 0 Å². The molecule has 0 atom stereocenters. The van der Waals surface area contributed by atoms with Gasteiger partial charge in [0.15, 0.2) is 0 Å². The van der Waals surface area contributed by atoms with E-state index < -0.39 is 0 Å². The molecule has 3 amide bonds. The van der Waals surface area contributed by atoms with Crippen molar-refractivity contribution >= 4 is 53.0 Å². The lowest BCUT2D eigenvalue weighted by molar-refractivity contribution is 0.0934. The quantitative estimate of drug-likeness (QED) is 0.546. The molecule has 3 aliphatic heterocycles. The van der Waals surface area contributed by atoms with Gasteiger partial charge in [0.05, 0.1) is 0 Å². The van der Waals surface area contributed by atoms with Crippen molar-refractivity contribution in [3.63, 3.8) is 0 Å². The van der Waals surface area contributed by atoms with Gasteiger partial charge in [-0.3, -0.25) is 14.4 Å². The van der Waals surface area contributed by atoms with Crippen molar-refractivity contribution in [1.82, 2.24) is 16.0 Å². The van der Waals surface area contributed by atoms with Gasteiger partial charge in [0.25, 0.3) is 17.7 Å². The number of thioether (sulfide) groups is 3. The molecule has 3 N–H and O–H groups in total. The Morgan fingerprint density at radius 2 is 0.758 bits per heavy atom. The highest BCUT2D eigenvalue weighted by atomic mass is 32.2. The van der Waals surface area contributed by atoms with E-state index in [2.05, 4.69) is 16.0 Å². The van der Waals surface area contributed by atoms with E-state index in [9.17, 15) is 14.4 Å². The first kappa shape index (κ1) is 24.8. The van der Waals surface area contributed by atoms with E-state index in [1.54, 1.807) is 18.2 Å². The molecule has 33 heavy (non-hydrogen) atoms. The summed E-state index contributed by atoms with van der Waals surface area (Å²) in [6, 6.07) is 5.34. The van der Waals surface area contributed by atoms with Gasteiger partial charge in [-0.25, -0.2) is 0 Å². The van der Waals surface area contributed by atoms with Crippen molar-refractivity contribution < 1.29 is 14.4 Å². The lowest BCUT2D eigenvalue weighted by atomic mass is 10.0. The number of hydrogen-bond donors (Lipinski definition) is 3. The molecule has 0 unspecified atom stereocenters. The molecule has 6 nitrogen and oxygen atoms in total. The van der Waals surface area contributed by atoms with Crippen LogP contribution in [-0.4, -0.2) is 70.4 Å². The molecule has 0 spiro atoms. The van der Waals surface area contributed by atoms with E-state index in [0.717, 1.165) is 73.0 Å². The van der Waals surface area contributed by atoms with Crippen LogP contribution in [0.4, 0.5) is 0 Å². The fraction of sp³-hybridized carbons (Fsp3) is 0.625. The molecular formula is C24H33N3O3S3. The SMILES string of the molecule is O=C(NC1CCSCC1)c1cc(C(=O)NC2CCSCC2)cc(C(=O)NC2CCSCC2)c1. The average molecular weight is 508 g/mol. The van der Waals surface area contributed by atoms with Crippen LogP contribution in [-0.2, 0) is 0 Å². The molecule has 0 saturated carbocycles. The predicted molar refractivity (Wildman–Crippen MR) is 140 cm³/mol. The number of rotatable bonds is 6. The molecule has 3 heterocycles. The zero-order valence-electron chi connectivity index (χ0n) is 18.9. The van der Waals surface area contributed by atoms with E-state index in [-0.39, 0.29) is 35.8 Å². The van der Waals surface area contributed by atoms with Crippen LogP contribution in [0.3, 0.4) is 0 Å². The number of nitrogens with one attached hydrogen (secondary N) is 3. The van der Waals surface area contributed by atoms with Crippen molar-refractivity contribution in [2.45, 2.75) is 56.7 Å². The van der Waals surface area contributed by atoms with Crippen LogP contribution < -0.4 is 16.0 Å². The van der Waals surface area contributed by atoms with Crippen molar-refractivity contribution in [3.8, 4) is 0 Å². The van der Waals surface area contributed by atoms with Crippen molar-refractivity contribution in [2.75, 3.05) is 34.5 Å². The molecule has 1 aromatic rings. The fourth-order valence-corrected chi connectivity index (χ4v) is 7.67. The summed E-state index contributed by atoms with van der Waals surface area (Å²) in [6.45, 7) is 0. The maximum absolute atomic E-state index is 13.1. The number of benzene rings is 1. The third-order valence-corrected chi connectivity index (χ3v) is 9.54. The molecule has 1 aromatic carbocycles. The molecule has 0 aromatic heterocycles. The summed E-state index contributed by atoms with van der Waals surface area (Å²) in [4.78, 5) is 39.2. The average Bonchev–Trinajstić information content (AvgIpc) is 2.85. The Kier molecular flexibility index (Phi) is 9.32. The van der Waals surface area contributed by atoms with Gasteiger partial charge < -0.3 is 16.0 Å². The minimum absolute atomic E-state index is 0.146. The zero-order chi connectivity index (χ0) is 23.0. The van der Waals surface area contributed by atoms with Gasteiger partial charge in [-0.15, -0.1) is 0 Å². The fourth-order valence-electron chi connectivity index (χ4n) is 4.35. The predicted octanol–water partition coefficient (Wildman–Crippen LogP) is 3.56. The monoisotopic (exact) mass is 507 g/mol. The summed E-state index contributed by atoms with van der Waals surface area (Å²) in [5, 5.41) is 9.33. The van der Waals surface area contributed by atoms with E-state index in [1.807, 2.05) is 35.3 Å². The van der Waals surface area contributed by atoms with Crippen LogP contribution in [0.2, 0.25) is 0 Å². The first-order chi connectivity index (χ1) is 16.1. The zero-order valence-corrected chi connectivity index (χ0v) is 21.3. The van der Waals surface area contributed by atoms with Crippen LogP contribution in [0.25, 0.3) is 0 Å². The van der Waals surface area contributed by atoms with Crippen LogP contribution >= 0.6 is 35.3 Å². The molecule has 180 valence electrons. The van der Waals surface area contributed by atoms with Gasteiger partial charge >= 0.3 is 0 Å². The lowest BCUT2D eigenvalue weighted by Gasteiger charge is -2.24. The molecule has 4 rings (SSSR count). The second-order valence-corrected chi connectivity index (χ2v) is 12.6. The summed E-state index contributed by atoms with van der Waals surface area (Å²) in [5.41, 5.74) is 1.14. The van der Waals surface area contributed by atoms with Crippen LogP contribution in [0.15, 0.2) is 18.2 Å². The van der Waals surface area contributed by atoms with E-state index in [0.29, 0.717) is 16.7 Å². The van der Waals surface area contributed by atoms with Gasteiger partial charge in [0, 0.05) is 34.8 Å². The third-order valence-electron chi connectivity index (χ3n) is 6.39. The number of carbonyl (C=O) groups is 3. The first-order valence-electron chi connectivity index (χ1n) is 11.9. The highest BCUT2D eigenvalue weighted by Crippen LogP contribution is 2.21. The van der Waals surface area contributed by atoms with Crippen LogP contribution in [0.5, 0.6) is 0 Å². The van der Waals surface area contributed by atoms with Gasteiger partial charge in [-0.05, 0) is 91.2 Å². The standard InChI is InChI=1S/C24H33N3O3S3/c28-22(25-19-1-7-31-8-2-19)16-13-17(23(29)26-20-3-9-32-10-4-20)15-18(14-16)24(30)27-21-5-11-33-12-6-21/h13-15,19-21H,1-12H2,(H,25,28)(H,26,29)(H,27,30). The first-order valence-corrected chi connectivity index (χ1v) is 15.4. The minimum Gasteiger partial charge on any atom is -0.349 e. The summed E-state index contributed by atoms with van der Waals surface area (Å²) in [7, 11) is 0. The Hall–Kier alpha value is -1.32. The Morgan fingerprint density at radius 3 is 1.00 bits per heavy atom. The normalized spacial score (nSPS) is 20.7. The molecule has 9 heteroatoms. The Labute approximate surface area is 208 Å². The van der Waals surface area contributed by atoms with Crippen molar-refractivity contribution in [1.29, 1.82) is 0 Å². The lowest BCUT2D eigenvalue weighted by Crippen LogP contribution is -2.39. The van der Waals surface area contributed by atoms with Crippen LogP contribution in [0.1, 0.15) is 69.6 Å². The van der Waals surface area contributed by atoms with E-state index >= 15 is 0 Å². The smallest absolute Gasteiger partial charge is 0.251 e. The van der Waals surface area contributed by atoms with Gasteiger partial charge in [0.2, 0.25) is 0 Å². The topological polar surface area (TPSA) is 87.3 Å². The second kappa shape index (κ2) is 12.4. The molecule has 3 aliphatic rings. The molecule has 3 saturated heterocycles. The summed E-state index contributed by atoms with van der Waals surface area (Å²) >= 11 is 5.72. The van der Waals surface area contributed by atoms with Crippen LogP contribution in [0, 0.1) is 0 Å². The van der Waals surface area contributed by atoms with Gasteiger partial charge in [-0.1, -0.05) is 0 Å². The maximum Gasteiger partial charge on any atom is 0.251 e. The number of hydrogen-bond acceptors (Lipinski definition) is 6. The Morgan fingerprint density at radius 1 is 0.515 bits per heavy atom. The Bertz CT molecular complexity index is 727. The molecule has 0 radical (unpaired) electrons. The van der Waals surface area contributed by atoms with Crippen molar-refractivity contribution in [2.24, 2.45) is 0 Å². The maximum atomic E-state index is 13.1. The molecule has 3 fully saturated rings. The molecular weight excluding hydrogens is 474 g/mol. The van der Waals surface area contributed by atoms with E-state index in [4.69, 9.17) is 0 Å². The van der Waals surface area contributed by atoms with Gasteiger partial charge in [0.1, 0.15) is 0 Å². The summed E-state index contributed by atoms with van der Waals surface area (Å²) < 4.78 is 0. The number of amides is 3. The molecule has 0 aliphatic carbocycles. The second-order valence-electron chi connectivity index (χ2n) is 8.88. The summed E-state index contributed by atoms with van der Waals surface area (Å²) in [6.07, 6.45) is 5.69. The highest BCUT2D eigenvalue weighted by Gasteiger charge is 2.23. The third kappa shape index (κ3) is 7.33. The Balaban J connectivity index is 1.52. The highest BCUT2D eigenvalue weighted by molar-refractivity contribution is 7.99. The minimum atomic E-state index is -0.210. The summed E-state index contributed by atoms with van der Waals surface area (Å²) in [5.74, 6) is 5.62. The van der Waals surface area contributed by atoms with Gasteiger partial charge in [-0.2, -0.15) is 35.3 Å². The van der Waals surface area contributed by atoms with Crippen molar-refractivity contribution in [3.05, 3.63) is 34.9 Å². The number of carbonyl (C=O) groups excluding carboxylic acids is 3. The largest absolute Gasteiger partial charge is 0.349 e.